The molecule has 0 aliphatic rings. The van der Waals surface area contributed by atoms with E-state index in [-0.39, 0.29) is 5.56 Å². The van der Waals surface area contributed by atoms with Gasteiger partial charge in [0.15, 0.2) is 5.88 Å². The van der Waals surface area contributed by atoms with Crippen LogP contribution in [-0.2, 0) is 17.6 Å². The number of carboxylic acids is 2. The van der Waals surface area contributed by atoms with Crippen LogP contribution in [0.4, 0.5) is 13.2 Å². The number of alkyl halides is 3. The summed E-state index contributed by atoms with van der Waals surface area (Å²) in [5.41, 5.74) is 12.7. The van der Waals surface area contributed by atoms with Gasteiger partial charge in [-0.05, 0) is 72.0 Å². The molecule has 0 saturated heterocycles. The summed E-state index contributed by atoms with van der Waals surface area (Å²) in [6.45, 7) is 0.476. The molecular weight excluding hydrogens is 515 g/mol. The maximum atomic E-state index is 11.2. The van der Waals surface area contributed by atoms with Crippen molar-refractivity contribution in [3.8, 4) is 23.1 Å². The van der Waals surface area contributed by atoms with Crippen molar-refractivity contribution in [1.29, 1.82) is 5.26 Å². The van der Waals surface area contributed by atoms with Crippen LogP contribution in [0.25, 0.3) is 22.0 Å². The number of ether oxygens (including phenoxy) is 1. The van der Waals surface area contributed by atoms with Gasteiger partial charge < -0.3 is 25.7 Å². The lowest BCUT2D eigenvalue weighted by molar-refractivity contribution is -0.192. The third-order valence-electron chi connectivity index (χ3n) is 5.86. The number of hydrogen-bond donors (Lipinski definition) is 4. The molecule has 0 fully saturated rings. The maximum Gasteiger partial charge on any atom is 0.490 e. The molecule has 0 bridgehead atoms. The predicted octanol–water partition coefficient (Wildman–Crippen LogP) is 5.14. The van der Waals surface area contributed by atoms with Gasteiger partial charge >= 0.3 is 18.1 Å². The van der Waals surface area contributed by atoms with E-state index in [0.717, 1.165) is 38.7 Å². The number of nitriles is 1. The van der Waals surface area contributed by atoms with Crippen LogP contribution in [0.15, 0.2) is 60.7 Å². The summed E-state index contributed by atoms with van der Waals surface area (Å²) >= 11 is 0. The minimum Gasteiger partial charge on any atom is -0.482 e. The van der Waals surface area contributed by atoms with Gasteiger partial charge in [0.2, 0.25) is 0 Å². The zero-order valence-electron chi connectivity index (χ0n) is 20.7. The minimum absolute atomic E-state index is 0.251. The van der Waals surface area contributed by atoms with Crippen LogP contribution in [0.5, 0.6) is 5.88 Å². The fourth-order valence-electron chi connectivity index (χ4n) is 4.14. The number of carboxylic acid groups (broad SMARTS) is 2. The molecule has 0 saturated carbocycles. The summed E-state index contributed by atoms with van der Waals surface area (Å²) in [6.07, 6.45) is -3.85. The van der Waals surface area contributed by atoms with Gasteiger partial charge in [0, 0.05) is 16.5 Å². The van der Waals surface area contributed by atoms with Gasteiger partial charge in [0.05, 0.1) is 24.3 Å². The van der Waals surface area contributed by atoms with Crippen molar-refractivity contribution in [1.82, 2.24) is 4.98 Å². The Balaban J connectivity index is 0.000000532. The normalized spacial score (nSPS) is 10.9. The molecule has 4 aromatic rings. The second-order valence-electron chi connectivity index (χ2n) is 8.36. The zero-order valence-corrected chi connectivity index (χ0v) is 20.7. The van der Waals surface area contributed by atoms with Crippen molar-refractivity contribution >= 4 is 22.8 Å². The molecule has 1 aromatic heterocycles. The average Bonchev–Trinajstić information content (AvgIpc) is 3.27. The number of carbonyl (C=O) groups is 2. The quantitative estimate of drug-likeness (QED) is 0.254. The zero-order chi connectivity index (χ0) is 28.7. The number of aliphatic carboxylic acids is 1. The second-order valence-corrected chi connectivity index (χ2v) is 8.36. The Bertz CT molecular complexity index is 1540. The topological polar surface area (TPSA) is 149 Å². The van der Waals surface area contributed by atoms with Crippen LogP contribution in [0.1, 0.15) is 32.6 Å². The number of benzene rings is 3. The molecule has 3 aromatic carbocycles. The number of halogens is 3. The molecule has 8 nitrogen and oxygen atoms in total. The van der Waals surface area contributed by atoms with Crippen LogP contribution < -0.4 is 10.5 Å². The number of aromatic carboxylic acids is 1. The molecule has 11 heteroatoms. The molecule has 0 aliphatic carbocycles. The van der Waals surface area contributed by atoms with Gasteiger partial charge in [0.25, 0.3) is 0 Å². The summed E-state index contributed by atoms with van der Waals surface area (Å²) < 4.78 is 37.3. The highest BCUT2D eigenvalue weighted by Crippen LogP contribution is 2.38. The van der Waals surface area contributed by atoms with E-state index < -0.39 is 18.1 Å². The number of fused-ring (bicyclic) bond motifs is 1. The van der Waals surface area contributed by atoms with Crippen LogP contribution >= 0.6 is 0 Å². The minimum atomic E-state index is -5.08. The first-order valence-corrected chi connectivity index (χ1v) is 11.5. The number of aromatic nitrogens is 1. The van der Waals surface area contributed by atoms with Crippen LogP contribution in [0.3, 0.4) is 0 Å². The molecule has 39 heavy (non-hydrogen) atoms. The molecule has 202 valence electrons. The van der Waals surface area contributed by atoms with Gasteiger partial charge in [-0.1, -0.05) is 30.3 Å². The molecule has 0 atom stereocenters. The highest BCUT2D eigenvalue weighted by Gasteiger charge is 2.38. The molecule has 0 radical (unpaired) electrons. The fourth-order valence-corrected chi connectivity index (χ4v) is 4.14. The lowest BCUT2D eigenvalue weighted by Crippen LogP contribution is -2.21. The van der Waals surface area contributed by atoms with Gasteiger partial charge in [-0.25, -0.2) is 9.59 Å². The SMILES string of the molecule is COc1[nH]c2ccc(-c3cccc(C#N)c3)c(Cc3ccc(C(=O)O)cc3)c2c1CCN.O=C(O)C(F)(F)F. The van der Waals surface area contributed by atoms with Gasteiger partial charge in [-0.3, -0.25) is 0 Å². The van der Waals surface area contributed by atoms with Crippen molar-refractivity contribution in [3.63, 3.8) is 0 Å². The average molecular weight is 540 g/mol. The summed E-state index contributed by atoms with van der Waals surface area (Å²) in [7, 11) is 1.63. The number of nitrogens with zero attached hydrogens (tertiary/aromatic N) is 1. The number of hydrogen-bond acceptors (Lipinski definition) is 5. The summed E-state index contributed by atoms with van der Waals surface area (Å²) in [5, 5.41) is 26.8. The first-order chi connectivity index (χ1) is 18.5. The van der Waals surface area contributed by atoms with E-state index in [4.69, 9.17) is 20.4 Å². The number of methoxy groups -OCH3 is 1. The number of aromatic amines is 1. The van der Waals surface area contributed by atoms with Crippen molar-refractivity contribution in [2.24, 2.45) is 5.73 Å². The molecule has 0 amide bonds. The molecule has 5 N–H and O–H groups in total. The summed E-state index contributed by atoms with van der Waals surface area (Å²) in [4.78, 5) is 23.5. The smallest absolute Gasteiger partial charge is 0.482 e. The van der Waals surface area contributed by atoms with E-state index in [0.29, 0.717) is 30.8 Å². The van der Waals surface area contributed by atoms with E-state index in [9.17, 15) is 28.3 Å². The Hall–Kier alpha value is -4.82. The summed E-state index contributed by atoms with van der Waals surface area (Å²) in [5.74, 6) is -3.02. The first-order valence-electron chi connectivity index (χ1n) is 11.5. The molecule has 0 spiro atoms. The lowest BCUT2D eigenvalue weighted by atomic mass is 9.89. The van der Waals surface area contributed by atoms with E-state index in [1.54, 1.807) is 25.3 Å². The summed E-state index contributed by atoms with van der Waals surface area (Å²) in [6, 6.07) is 20.7. The standard InChI is InChI=1S/C26H23N3O3.C2HF3O2/c1-32-25-21(11-12-27)24-22(14-16-5-7-18(8-6-16)26(30)31)20(9-10-23(24)29-25)19-4-2-3-17(13-19)15-28;3-2(4,5)1(6)7/h2-10,13,29H,11-12,14,27H2,1H3,(H,30,31);(H,6,7). The molecular formula is C28H24F3N3O5. The highest BCUT2D eigenvalue weighted by atomic mass is 19.4. The van der Waals surface area contributed by atoms with Gasteiger partial charge in [0.1, 0.15) is 0 Å². The van der Waals surface area contributed by atoms with E-state index in [1.165, 1.54) is 0 Å². The van der Waals surface area contributed by atoms with E-state index in [2.05, 4.69) is 11.1 Å². The van der Waals surface area contributed by atoms with Crippen molar-refractivity contribution in [2.45, 2.75) is 19.0 Å². The molecule has 0 aliphatic heterocycles. The Morgan fingerprint density at radius 1 is 1.05 bits per heavy atom. The third-order valence-corrected chi connectivity index (χ3v) is 5.86. The lowest BCUT2D eigenvalue weighted by Gasteiger charge is -2.14. The number of H-pyrrole nitrogens is 1. The fraction of sp³-hybridized carbons (Fsp3) is 0.179. The number of nitrogens with two attached hydrogens (primary N) is 1. The van der Waals surface area contributed by atoms with Crippen LogP contribution in [0.2, 0.25) is 0 Å². The van der Waals surface area contributed by atoms with Crippen LogP contribution in [-0.4, -0.2) is 47.0 Å². The predicted molar refractivity (Wildman–Crippen MR) is 138 cm³/mol. The Kier molecular flexibility index (Phi) is 8.96. The van der Waals surface area contributed by atoms with Crippen LogP contribution in [0, 0.1) is 11.3 Å². The Morgan fingerprint density at radius 2 is 1.72 bits per heavy atom. The van der Waals surface area contributed by atoms with Crippen molar-refractivity contribution in [3.05, 3.63) is 88.5 Å². The number of nitrogens with one attached hydrogen (secondary N) is 1. The van der Waals surface area contributed by atoms with Gasteiger partial charge in [-0.2, -0.15) is 18.4 Å². The maximum absolute atomic E-state index is 11.2. The van der Waals surface area contributed by atoms with Crippen molar-refractivity contribution < 1.29 is 37.7 Å². The van der Waals surface area contributed by atoms with E-state index >= 15 is 0 Å². The third kappa shape index (κ3) is 6.74. The Morgan fingerprint density at radius 3 is 2.26 bits per heavy atom. The van der Waals surface area contributed by atoms with E-state index in [1.807, 2.05) is 42.5 Å². The molecule has 4 rings (SSSR count). The first kappa shape index (κ1) is 28.7. The Labute approximate surface area is 221 Å². The van der Waals surface area contributed by atoms with Crippen molar-refractivity contribution in [2.75, 3.05) is 13.7 Å². The second kappa shape index (κ2) is 12.1. The monoisotopic (exact) mass is 539 g/mol. The number of rotatable bonds is 7. The van der Waals surface area contributed by atoms with Gasteiger partial charge in [-0.15, -0.1) is 0 Å². The highest BCUT2D eigenvalue weighted by molar-refractivity contribution is 5.95. The molecule has 0 unspecified atom stereocenters. The molecule has 1 heterocycles. The largest absolute Gasteiger partial charge is 0.490 e.